The lowest BCUT2D eigenvalue weighted by atomic mass is 10.4. The maximum absolute atomic E-state index is 4.45. The molecule has 0 fully saturated rings. The molecule has 80 valence electrons. The van der Waals surface area contributed by atoms with Crippen LogP contribution in [-0.2, 0) is 5.33 Å². The highest BCUT2D eigenvalue weighted by atomic mass is 79.9. The van der Waals surface area contributed by atoms with Gasteiger partial charge in [-0.25, -0.2) is 4.98 Å². The van der Waals surface area contributed by atoms with Gasteiger partial charge >= 0.3 is 0 Å². The van der Waals surface area contributed by atoms with Crippen molar-refractivity contribution in [2.75, 3.05) is 0 Å². The Balaban J connectivity index is 2.28. The van der Waals surface area contributed by atoms with Crippen molar-refractivity contribution in [3.8, 4) is 5.82 Å². The van der Waals surface area contributed by atoms with E-state index < -0.39 is 0 Å². The van der Waals surface area contributed by atoms with Crippen LogP contribution in [0.15, 0.2) is 24.8 Å². The van der Waals surface area contributed by atoms with Crippen molar-refractivity contribution in [2.24, 2.45) is 0 Å². The van der Waals surface area contributed by atoms with Crippen LogP contribution in [0.1, 0.15) is 25.6 Å². The van der Waals surface area contributed by atoms with Crippen LogP contribution >= 0.6 is 15.9 Å². The molecule has 0 aliphatic rings. The summed E-state index contributed by atoms with van der Waals surface area (Å²) in [5.41, 5.74) is 1.01. The lowest BCUT2D eigenvalue weighted by Gasteiger charge is -2.03. The van der Waals surface area contributed by atoms with E-state index in [1.807, 2.05) is 27.7 Å². The molecule has 0 radical (unpaired) electrons. The van der Waals surface area contributed by atoms with Crippen molar-refractivity contribution < 1.29 is 0 Å². The molecule has 2 rings (SSSR count). The van der Waals surface area contributed by atoms with Crippen LogP contribution in [0.5, 0.6) is 0 Å². The Morgan fingerprint density at radius 3 is 2.80 bits per heavy atom. The fourth-order valence-electron chi connectivity index (χ4n) is 1.31. The van der Waals surface area contributed by atoms with E-state index in [0.29, 0.717) is 6.04 Å². The van der Waals surface area contributed by atoms with Gasteiger partial charge in [-0.1, -0.05) is 15.9 Å². The second-order valence-corrected chi connectivity index (χ2v) is 4.21. The second-order valence-electron chi connectivity index (χ2n) is 3.65. The van der Waals surface area contributed by atoms with Gasteiger partial charge in [0.15, 0.2) is 5.82 Å². The summed E-state index contributed by atoms with van der Waals surface area (Å²) in [6, 6.07) is 2.37. The Morgan fingerprint density at radius 2 is 2.27 bits per heavy atom. The van der Waals surface area contributed by atoms with E-state index in [1.54, 1.807) is 6.33 Å². The molecule has 0 spiro atoms. The maximum Gasteiger partial charge on any atom is 0.159 e. The summed E-state index contributed by atoms with van der Waals surface area (Å²) in [6.45, 7) is 4.21. The molecule has 0 aliphatic heterocycles. The third-order valence-corrected chi connectivity index (χ3v) is 2.74. The van der Waals surface area contributed by atoms with Crippen LogP contribution in [0.2, 0.25) is 0 Å². The highest BCUT2D eigenvalue weighted by Gasteiger charge is 2.04. The van der Waals surface area contributed by atoms with Crippen LogP contribution in [-0.4, -0.2) is 19.3 Å². The van der Waals surface area contributed by atoms with E-state index in [0.717, 1.165) is 16.8 Å². The second kappa shape index (κ2) is 4.18. The number of imidazole rings is 1. The van der Waals surface area contributed by atoms with Crippen molar-refractivity contribution in [3.63, 3.8) is 0 Å². The van der Waals surface area contributed by atoms with Gasteiger partial charge in [0.05, 0.1) is 5.69 Å². The quantitative estimate of drug-likeness (QED) is 0.803. The van der Waals surface area contributed by atoms with Gasteiger partial charge in [-0.3, -0.25) is 9.25 Å². The third kappa shape index (κ3) is 2.12. The lowest BCUT2D eigenvalue weighted by Crippen LogP contribution is -2.02. The Labute approximate surface area is 97.1 Å². The highest BCUT2D eigenvalue weighted by molar-refractivity contribution is 9.08. The first-order valence-corrected chi connectivity index (χ1v) is 5.97. The molecule has 0 aromatic carbocycles. The normalized spacial score (nSPS) is 11.2. The van der Waals surface area contributed by atoms with Crippen LogP contribution in [0, 0.1) is 0 Å². The Kier molecular flexibility index (Phi) is 2.90. The minimum Gasteiger partial charge on any atom is -0.289 e. The van der Waals surface area contributed by atoms with Gasteiger partial charge in [0.25, 0.3) is 0 Å². The predicted octanol–water partition coefficient (Wildman–Crippen LogP) is 2.54. The topological polar surface area (TPSA) is 35.6 Å². The van der Waals surface area contributed by atoms with Crippen molar-refractivity contribution in [3.05, 3.63) is 30.5 Å². The molecule has 0 saturated heterocycles. The van der Waals surface area contributed by atoms with Crippen LogP contribution in [0.25, 0.3) is 5.82 Å². The number of nitrogens with zero attached hydrogens (tertiary/aromatic N) is 4. The first-order valence-electron chi connectivity index (χ1n) is 4.85. The fourth-order valence-corrected chi connectivity index (χ4v) is 1.60. The molecule has 2 aromatic rings. The summed E-state index contributed by atoms with van der Waals surface area (Å²) in [6.07, 6.45) is 5.74. The smallest absolute Gasteiger partial charge is 0.159 e. The summed E-state index contributed by atoms with van der Waals surface area (Å²) in [7, 11) is 0. The summed E-state index contributed by atoms with van der Waals surface area (Å²) >= 11 is 3.37. The number of alkyl halides is 1. The number of halogens is 1. The largest absolute Gasteiger partial charge is 0.289 e. The number of rotatable bonds is 3. The molecule has 0 saturated carbocycles. The Morgan fingerprint density at radius 1 is 1.47 bits per heavy atom. The lowest BCUT2D eigenvalue weighted by molar-refractivity contribution is 0.529. The zero-order valence-corrected chi connectivity index (χ0v) is 10.3. The fraction of sp³-hybridized carbons (Fsp3) is 0.400. The van der Waals surface area contributed by atoms with Gasteiger partial charge in [0, 0.05) is 29.8 Å². The van der Waals surface area contributed by atoms with Crippen molar-refractivity contribution in [1.82, 2.24) is 19.3 Å². The number of aromatic nitrogens is 4. The molecular weight excluding hydrogens is 256 g/mol. The summed E-state index contributed by atoms with van der Waals surface area (Å²) in [4.78, 5) is 4.23. The van der Waals surface area contributed by atoms with Gasteiger partial charge in [0.2, 0.25) is 0 Å². The zero-order valence-electron chi connectivity index (χ0n) is 8.76. The zero-order chi connectivity index (χ0) is 10.8. The summed E-state index contributed by atoms with van der Waals surface area (Å²) < 4.78 is 3.86. The summed E-state index contributed by atoms with van der Waals surface area (Å²) in [5.74, 6) is 0.906. The molecule has 5 heteroatoms. The van der Waals surface area contributed by atoms with E-state index in [9.17, 15) is 0 Å². The predicted molar refractivity (Wildman–Crippen MR) is 62.4 cm³/mol. The molecule has 0 atom stereocenters. The van der Waals surface area contributed by atoms with Crippen molar-refractivity contribution >= 4 is 15.9 Å². The van der Waals surface area contributed by atoms with Crippen LogP contribution in [0.4, 0.5) is 0 Å². The molecule has 0 aliphatic carbocycles. The SMILES string of the molecule is CC(C)n1ccc(-n2cnc(CBr)c2)n1. The van der Waals surface area contributed by atoms with Gasteiger partial charge in [0.1, 0.15) is 6.33 Å². The highest BCUT2D eigenvalue weighted by Crippen LogP contribution is 2.10. The maximum atomic E-state index is 4.45. The van der Waals surface area contributed by atoms with E-state index in [4.69, 9.17) is 0 Å². The van der Waals surface area contributed by atoms with Crippen molar-refractivity contribution in [1.29, 1.82) is 0 Å². The molecule has 4 nitrogen and oxygen atoms in total. The van der Waals surface area contributed by atoms with E-state index in [2.05, 4.69) is 39.9 Å². The summed E-state index contributed by atoms with van der Waals surface area (Å²) in [5, 5.41) is 5.22. The van der Waals surface area contributed by atoms with Crippen LogP contribution < -0.4 is 0 Å². The molecule has 2 aromatic heterocycles. The van der Waals surface area contributed by atoms with Gasteiger partial charge in [-0.05, 0) is 13.8 Å². The van der Waals surface area contributed by atoms with Crippen molar-refractivity contribution in [2.45, 2.75) is 25.2 Å². The van der Waals surface area contributed by atoms with Gasteiger partial charge in [-0.15, -0.1) is 0 Å². The van der Waals surface area contributed by atoms with E-state index >= 15 is 0 Å². The molecule has 0 bridgehead atoms. The molecule has 0 N–H and O–H groups in total. The van der Waals surface area contributed by atoms with Gasteiger partial charge < -0.3 is 0 Å². The van der Waals surface area contributed by atoms with E-state index in [-0.39, 0.29) is 0 Å². The Bertz CT molecular complexity index is 444. The molecule has 0 unspecified atom stereocenters. The monoisotopic (exact) mass is 268 g/mol. The number of hydrogen-bond donors (Lipinski definition) is 0. The molecule has 15 heavy (non-hydrogen) atoms. The first kappa shape index (κ1) is 10.4. The third-order valence-electron chi connectivity index (χ3n) is 2.16. The molecule has 0 amide bonds. The minimum absolute atomic E-state index is 0.387. The molecule has 2 heterocycles. The van der Waals surface area contributed by atoms with Crippen LogP contribution in [0.3, 0.4) is 0 Å². The molecular formula is C10H13BrN4. The standard InChI is InChI=1S/C10H13BrN4/c1-8(2)15-4-3-10(13-15)14-6-9(5-11)12-7-14/h3-4,6-8H,5H2,1-2H3. The Hall–Kier alpha value is -1.10. The minimum atomic E-state index is 0.387. The van der Waals surface area contributed by atoms with Gasteiger partial charge in [-0.2, -0.15) is 5.10 Å². The number of hydrogen-bond acceptors (Lipinski definition) is 2. The first-order chi connectivity index (χ1) is 7.20. The van der Waals surface area contributed by atoms with E-state index in [1.165, 1.54) is 0 Å². The average molecular weight is 269 g/mol. The average Bonchev–Trinajstić information content (AvgIpc) is 2.86.